The van der Waals surface area contributed by atoms with Crippen molar-refractivity contribution >= 4 is 38.7 Å². The van der Waals surface area contributed by atoms with Crippen LogP contribution in [0.1, 0.15) is 79.0 Å². The Bertz CT molecular complexity index is 4990. The zero-order valence-electron chi connectivity index (χ0n) is 40.9. The highest BCUT2D eigenvalue weighted by Gasteiger charge is 2.28. The van der Waals surface area contributed by atoms with Crippen LogP contribution in [0.15, 0.2) is 120 Å². The molecule has 10 rings (SSSR count). The van der Waals surface area contributed by atoms with Crippen molar-refractivity contribution in [3.8, 4) is 118 Å². The molecule has 0 spiro atoms. The predicted molar refractivity (Wildman–Crippen MR) is 284 cm³/mol. The van der Waals surface area contributed by atoms with Gasteiger partial charge in [-0.2, -0.15) is 63.1 Å². The number of aromatic nitrogens is 6. The molecular weight excluding hydrogens is 997 g/mol. The molecule has 0 saturated carbocycles. The number of hydrogen-bond acceptors (Lipinski definition) is 18. The Morgan fingerprint density at radius 2 is 0.625 bits per heavy atom. The van der Waals surface area contributed by atoms with E-state index in [-0.39, 0.29) is 147 Å². The third kappa shape index (κ3) is 8.62. The minimum Gasteiger partial charge on any atom is -0.246 e. The summed E-state index contributed by atoms with van der Waals surface area (Å²) < 4.78 is 0. The maximum atomic E-state index is 10.4. The maximum Gasteiger partial charge on any atom is 0.120 e. The van der Waals surface area contributed by atoms with Gasteiger partial charge in [-0.25, -0.2) is 29.9 Å². The van der Waals surface area contributed by atoms with Crippen LogP contribution >= 0.6 is 0 Å². The lowest BCUT2D eigenvalue weighted by Gasteiger charge is -2.18. The SMILES string of the molecule is N#CC1=C(C#N)C=C(c2nc3c(nc2Cc2ccc(C#N)c(C#N)c2)c2nc(-c4ccc(C#N)c(C#N)c4)c(-c4ccc(C#N)c(C#N)c4)nc2c2nc(-c4ccc(C#N)c(C#N)c4)c(-c4ccc(C#N)c(C#N)c4)nc32)CC=C1. The summed E-state index contributed by atoms with van der Waals surface area (Å²) in [4.78, 5) is 31.9. The first kappa shape index (κ1) is 50.0. The van der Waals surface area contributed by atoms with Crippen LogP contribution in [0.3, 0.4) is 0 Å². The average Bonchev–Trinajstić information content (AvgIpc) is 2.69. The van der Waals surface area contributed by atoms with Crippen molar-refractivity contribution in [2.24, 2.45) is 0 Å². The molecule has 3 heterocycles. The highest BCUT2D eigenvalue weighted by Crippen LogP contribution is 2.42. The largest absolute Gasteiger partial charge is 0.246 e. The lowest BCUT2D eigenvalue weighted by molar-refractivity contribution is 1.04. The number of fused-ring (bicyclic) bond motifs is 6. The lowest BCUT2D eigenvalue weighted by atomic mass is 9.96. The summed E-state index contributed by atoms with van der Waals surface area (Å²) in [5.74, 6) is 0. The number of hydrogen-bond donors (Lipinski definition) is 0. The van der Waals surface area contributed by atoms with Gasteiger partial charge in [0.1, 0.15) is 106 Å². The van der Waals surface area contributed by atoms with Crippen molar-refractivity contribution in [2.75, 3.05) is 0 Å². The molecule has 0 N–H and O–H groups in total. The van der Waals surface area contributed by atoms with Crippen LogP contribution in [0, 0.1) is 136 Å². The first-order valence-corrected chi connectivity index (χ1v) is 23.5. The van der Waals surface area contributed by atoms with Gasteiger partial charge in [0.2, 0.25) is 0 Å². The number of benzene rings is 6. The third-order valence-electron chi connectivity index (χ3n) is 13.0. The smallest absolute Gasteiger partial charge is 0.120 e. The Kier molecular flexibility index (Phi) is 13.0. The highest BCUT2D eigenvalue weighted by atomic mass is 14.9. The zero-order chi connectivity index (χ0) is 56.2. The summed E-state index contributed by atoms with van der Waals surface area (Å²) in [6.45, 7) is 0. The number of nitrogens with zero attached hydrogens (tertiary/aromatic N) is 18. The van der Waals surface area contributed by atoms with Gasteiger partial charge in [0.15, 0.2) is 0 Å². The molecule has 0 bridgehead atoms. The van der Waals surface area contributed by atoms with E-state index < -0.39 is 0 Å². The molecule has 80 heavy (non-hydrogen) atoms. The monoisotopic (exact) mass is 1020 g/mol. The molecule has 0 saturated heterocycles. The summed E-state index contributed by atoms with van der Waals surface area (Å²) in [5, 5.41) is 121. The second-order valence-corrected chi connectivity index (χ2v) is 17.5. The van der Waals surface area contributed by atoms with E-state index >= 15 is 0 Å². The lowest BCUT2D eigenvalue weighted by Crippen LogP contribution is -2.08. The molecular formula is C62H22N18. The normalized spacial score (nSPS) is 11.3. The molecule has 0 radical (unpaired) electrons. The molecule has 18 nitrogen and oxygen atoms in total. The summed E-state index contributed by atoms with van der Waals surface area (Å²) in [5.41, 5.74) is 4.03. The predicted octanol–water partition coefficient (Wildman–Crippen LogP) is 10.2. The first-order chi connectivity index (χ1) is 39.1. The van der Waals surface area contributed by atoms with Crippen LogP contribution in [-0.4, -0.2) is 29.9 Å². The molecule has 0 aliphatic heterocycles. The van der Waals surface area contributed by atoms with Crippen molar-refractivity contribution in [3.63, 3.8) is 0 Å². The Morgan fingerprint density at radius 3 is 0.963 bits per heavy atom. The van der Waals surface area contributed by atoms with Crippen LogP contribution in [-0.2, 0) is 6.42 Å². The molecule has 9 aromatic rings. The fourth-order valence-electron chi connectivity index (χ4n) is 9.19. The van der Waals surface area contributed by atoms with Crippen molar-refractivity contribution in [1.29, 1.82) is 63.1 Å². The summed E-state index contributed by atoms with van der Waals surface area (Å²) in [7, 11) is 0. The fourth-order valence-corrected chi connectivity index (χ4v) is 9.19. The van der Waals surface area contributed by atoms with E-state index in [9.17, 15) is 63.1 Å². The van der Waals surface area contributed by atoms with Gasteiger partial charge in [-0.15, -0.1) is 0 Å². The summed E-state index contributed by atoms with van der Waals surface area (Å²) in [6.07, 6.45) is 4.85. The van der Waals surface area contributed by atoms with Gasteiger partial charge in [-0.1, -0.05) is 36.4 Å². The quantitative estimate of drug-likeness (QED) is 0.134. The van der Waals surface area contributed by atoms with E-state index in [1.165, 1.54) is 66.7 Å². The standard InChI is InChI=1S/C62H22N18/c63-21-39-3-1-2-34(16-46(39)28-70)52-51(15-33-4-5-40(22-64)45(14-33)27-69)75-57-58(76-52)60-62(80-56(38-9-13-44(26-68)50(20-38)32-74)55(78-60)37-8-12-43(25-67)49(19-37)31-73)61-59(57)77-53(35-6-10-41(23-65)47(17-35)29-71)54(79-61)36-7-11-42(24-66)48(18-36)30-72/h1,3-14,16-20H,2,15H2. The Hall–Kier alpha value is -13.6. The van der Waals surface area contributed by atoms with Gasteiger partial charge >= 0.3 is 0 Å². The number of nitriles is 12. The van der Waals surface area contributed by atoms with E-state index in [4.69, 9.17) is 29.9 Å². The van der Waals surface area contributed by atoms with Gasteiger partial charge in [0.05, 0.1) is 101 Å². The second-order valence-electron chi connectivity index (χ2n) is 17.5. The van der Waals surface area contributed by atoms with Crippen LogP contribution in [0.4, 0.5) is 0 Å². The van der Waals surface area contributed by atoms with Gasteiger partial charge < -0.3 is 0 Å². The van der Waals surface area contributed by atoms with E-state index in [0.717, 1.165) is 0 Å². The van der Waals surface area contributed by atoms with Crippen molar-refractivity contribution in [2.45, 2.75) is 12.8 Å². The minimum atomic E-state index is -0.0321. The maximum absolute atomic E-state index is 10.4. The molecule has 18 heteroatoms. The first-order valence-electron chi connectivity index (χ1n) is 23.5. The van der Waals surface area contributed by atoms with Gasteiger partial charge in [0.25, 0.3) is 0 Å². The topological polar surface area (TPSA) is 363 Å². The van der Waals surface area contributed by atoms with Crippen LogP contribution in [0.5, 0.6) is 0 Å². The molecule has 1 aliphatic carbocycles. The van der Waals surface area contributed by atoms with E-state index in [1.807, 2.05) is 30.3 Å². The molecule has 360 valence electrons. The zero-order valence-corrected chi connectivity index (χ0v) is 40.9. The summed E-state index contributed by atoms with van der Waals surface area (Å²) >= 11 is 0. The molecule has 3 aromatic heterocycles. The third-order valence-corrected chi connectivity index (χ3v) is 13.0. The van der Waals surface area contributed by atoms with Crippen molar-refractivity contribution < 1.29 is 0 Å². The van der Waals surface area contributed by atoms with Crippen LogP contribution in [0.2, 0.25) is 0 Å². The van der Waals surface area contributed by atoms with Gasteiger partial charge in [-0.05, 0) is 90.4 Å². The van der Waals surface area contributed by atoms with E-state index in [1.54, 1.807) is 42.5 Å². The molecule has 0 atom stereocenters. The Balaban J connectivity index is 1.45. The van der Waals surface area contributed by atoms with E-state index in [0.29, 0.717) is 33.4 Å². The second kappa shape index (κ2) is 20.7. The van der Waals surface area contributed by atoms with Crippen molar-refractivity contribution in [1.82, 2.24) is 29.9 Å². The molecule has 1 aliphatic rings. The van der Waals surface area contributed by atoms with Crippen LogP contribution in [0.25, 0.3) is 83.7 Å². The fraction of sp³-hybridized carbons (Fsp3) is 0.0323. The van der Waals surface area contributed by atoms with E-state index in [2.05, 4.69) is 42.5 Å². The Morgan fingerprint density at radius 1 is 0.312 bits per heavy atom. The highest BCUT2D eigenvalue weighted by molar-refractivity contribution is 6.19. The molecule has 0 amide bonds. The number of allylic oxidation sites excluding steroid dienone is 6. The minimum absolute atomic E-state index is 0.00186. The van der Waals surface area contributed by atoms with Gasteiger partial charge in [-0.3, -0.25) is 0 Å². The average molecular weight is 1020 g/mol. The van der Waals surface area contributed by atoms with Crippen molar-refractivity contribution in [3.05, 3.63) is 193 Å². The van der Waals surface area contributed by atoms with Crippen LogP contribution < -0.4 is 0 Å². The molecule has 6 aromatic carbocycles. The van der Waals surface area contributed by atoms with Gasteiger partial charge in [0, 0.05) is 28.7 Å². The molecule has 0 unspecified atom stereocenters. The Labute approximate surface area is 453 Å². The summed E-state index contributed by atoms with van der Waals surface area (Å²) in [6, 6.07) is 47.2. The molecule has 0 fully saturated rings. The number of rotatable bonds is 7.